The maximum atomic E-state index is 12.7. The standard InChI is InChI=1S/C23H20N4O2.ClH/c28-23(20-11-6-14-29-20)27-13-12-24-19(15-27)22-18-10-5-4-9-17(18)21(25-26-22)16-7-2-1-3-8-16;/h1-11,14,19,24H,12-13,15H2;1H. The van der Waals surface area contributed by atoms with Crippen molar-refractivity contribution in [2.75, 3.05) is 19.6 Å². The maximum absolute atomic E-state index is 12.7. The lowest BCUT2D eigenvalue weighted by molar-refractivity contribution is 0.0669. The topological polar surface area (TPSA) is 71.3 Å². The Morgan fingerprint density at radius 2 is 1.73 bits per heavy atom. The number of nitrogens with zero attached hydrogens (tertiary/aromatic N) is 3. The van der Waals surface area contributed by atoms with Crippen molar-refractivity contribution in [1.82, 2.24) is 20.4 Å². The quantitative estimate of drug-likeness (QED) is 0.540. The van der Waals surface area contributed by atoms with Gasteiger partial charge in [-0.2, -0.15) is 5.10 Å². The molecule has 1 aliphatic rings. The fourth-order valence-corrected chi connectivity index (χ4v) is 3.86. The molecule has 1 saturated heterocycles. The number of carbonyl (C=O) groups is 1. The fourth-order valence-electron chi connectivity index (χ4n) is 3.86. The average Bonchev–Trinajstić information content (AvgIpc) is 3.33. The van der Waals surface area contributed by atoms with Crippen molar-refractivity contribution in [3.63, 3.8) is 0 Å². The molecule has 0 aliphatic carbocycles. The molecule has 2 aromatic heterocycles. The first-order valence-corrected chi connectivity index (χ1v) is 9.68. The van der Waals surface area contributed by atoms with Gasteiger partial charge < -0.3 is 14.6 Å². The zero-order valence-electron chi connectivity index (χ0n) is 16.2. The van der Waals surface area contributed by atoms with Crippen LogP contribution in [0.5, 0.6) is 0 Å². The minimum absolute atomic E-state index is 0. The largest absolute Gasteiger partial charge is 0.459 e. The number of hydrogen-bond acceptors (Lipinski definition) is 5. The Labute approximate surface area is 180 Å². The summed E-state index contributed by atoms with van der Waals surface area (Å²) in [4.78, 5) is 14.5. The Balaban J connectivity index is 0.00000218. The van der Waals surface area contributed by atoms with E-state index >= 15 is 0 Å². The number of benzene rings is 2. The van der Waals surface area contributed by atoms with Gasteiger partial charge in [-0.1, -0.05) is 54.6 Å². The molecule has 6 nitrogen and oxygen atoms in total. The molecule has 152 valence electrons. The smallest absolute Gasteiger partial charge is 0.289 e. The third kappa shape index (κ3) is 3.67. The van der Waals surface area contributed by atoms with Gasteiger partial charge in [0.25, 0.3) is 5.91 Å². The third-order valence-corrected chi connectivity index (χ3v) is 5.29. The van der Waals surface area contributed by atoms with E-state index in [1.54, 1.807) is 12.1 Å². The molecule has 1 N–H and O–H groups in total. The summed E-state index contributed by atoms with van der Waals surface area (Å²) in [5.41, 5.74) is 2.76. The van der Waals surface area contributed by atoms with Crippen molar-refractivity contribution in [2.24, 2.45) is 0 Å². The monoisotopic (exact) mass is 420 g/mol. The van der Waals surface area contributed by atoms with Crippen LogP contribution in [-0.4, -0.2) is 40.6 Å². The first-order valence-electron chi connectivity index (χ1n) is 9.68. The highest BCUT2D eigenvalue weighted by Crippen LogP contribution is 2.30. The predicted octanol–water partition coefficient (Wildman–Crippen LogP) is 4.10. The van der Waals surface area contributed by atoms with Crippen LogP contribution in [0.1, 0.15) is 22.3 Å². The predicted molar refractivity (Wildman–Crippen MR) is 118 cm³/mol. The molecule has 0 saturated carbocycles. The van der Waals surface area contributed by atoms with E-state index in [0.717, 1.165) is 27.7 Å². The van der Waals surface area contributed by atoms with Crippen molar-refractivity contribution in [2.45, 2.75) is 6.04 Å². The Hall–Kier alpha value is -3.22. The summed E-state index contributed by atoms with van der Waals surface area (Å²) in [6.45, 7) is 1.83. The van der Waals surface area contributed by atoms with Crippen molar-refractivity contribution in [3.05, 3.63) is 84.4 Å². The summed E-state index contributed by atoms with van der Waals surface area (Å²) in [6, 6.07) is 21.6. The molecule has 0 radical (unpaired) electrons. The molecule has 1 atom stereocenters. The van der Waals surface area contributed by atoms with Crippen molar-refractivity contribution < 1.29 is 9.21 Å². The first-order chi connectivity index (χ1) is 14.3. The normalized spacial score (nSPS) is 16.3. The van der Waals surface area contributed by atoms with Gasteiger partial charge in [-0.25, -0.2) is 0 Å². The third-order valence-electron chi connectivity index (χ3n) is 5.29. The van der Waals surface area contributed by atoms with Crippen molar-refractivity contribution in [1.29, 1.82) is 0 Å². The van der Waals surface area contributed by atoms with Crippen LogP contribution in [0.3, 0.4) is 0 Å². The first kappa shape index (κ1) is 20.1. The molecule has 2 aromatic carbocycles. The Bertz CT molecular complexity index is 1150. The second-order valence-electron chi connectivity index (χ2n) is 7.08. The summed E-state index contributed by atoms with van der Waals surface area (Å²) >= 11 is 0. The molecule has 1 aliphatic heterocycles. The summed E-state index contributed by atoms with van der Waals surface area (Å²) in [5, 5.41) is 14.7. The molecule has 1 amide bonds. The number of aromatic nitrogens is 2. The second kappa shape index (κ2) is 8.65. The molecule has 1 unspecified atom stereocenters. The molecule has 5 rings (SSSR count). The second-order valence-corrected chi connectivity index (χ2v) is 7.08. The van der Waals surface area contributed by atoms with Gasteiger partial charge >= 0.3 is 0 Å². The van der Waals surface area contributed by atoms with Gasteiger partial charge in [-0.15, -0.1) is 17.5 Å². The van der Waals surface area contributed by atoms with Crippen LogP contribution < -0.4 is 5.32 Å². The van der Waals surface area contributed by atoms with Crippen molar-refractivity contribution >= 4 is 29.1 Å². The minimum atomic E-state index is -0.0975. The van der Waals surface area contributed by atoms with Crippen LogP contribution >= 0.6 is 12.4 Å². The molecular weight excluding hydrogens is 400 g/mol. The summed E-state index contributed by atoms with van der Waals surface area (Å²) in [5.74, 6) is 0.265. The van der Waals surface area contributed by atoms with Crippen LogP contribution in [0.15, 0.2) is 77.4 Å². The van der Waals surface area contributed by atoms with E-state index < -0.39 is 0 Å². The van der Waals surface area contributed by atoms with E-state index in [1.807, 2.05) is 47.4 Å². The van der Waals surface area contributed by atoms with E-state index in [-0.39, 0.29) is 24.4 Å². The minimum Gasteiger partial charge on any atom is -0.459 e. The number of piperazine rings is 1. The molecular formula is C23H21ClN4O2. The van der Waals surface area contributed by atoms with Crippen LogP contribution in [0.4, 0.5) is 0 Å². The fraction of sp³-hybridized carbons (Fsp3) is 0.174. The summed E-state index contributed by atoms with van der Waals surface area (Å²) in [6.07, 6.45) is 1.52. The number of carbonyl (C=O) groups excluding carboxylic acids is 1. The van der Waals surface area contributed by atoms with Gasteiger partial charge in [-0.3, -0.25) is 4.79 Å². The van der Waals surface area contributed by atoms with Gasteiger partial charge in [0, 0.05) is 36.0 Å². The van der Waals surface area contributed by atoms with E-state index in [1.165, 1.54) is 6.26 Å². The van der Waals surface area contributed by atoms with Crippen LogP contribution in [0, 0.1) is 0 Å². The van der Waals surface area contributed by atoms with Gasteiger partial charge in [0.1, 0.15) is 5.69 Å². The highest BCUT2D eigenvalue weighted by molar-refractivity contribution is 5.96. The Morgan fingerprint density at radius 1 is 0.967 bits per heavy atom. The zero-order chi connectivity index (χ0) is 19.6. The number of nitrogens with one attached hydrogen (secondary N) is 1. The molecule has 0 spiro atoms. The number of rotatable bonds is 3. The Morgan fingerprint density at radius 3 is 2.50 bits per heavy atom. The zero-order valence-corrected chi connectivity index (χ0v) is 17.0. The molecule has 3 heterocycles. The van der Waals surface area contributed by atoms with Gasteiger partial charge in [0.2, 0.25) is 0 Å². The lowest BCUT2D eigenvalue weighted by atomic mass is 9.99. The average molecular weight is 421 g/mol. The molecule has 7 heteroatoms. The molecule has 30 heavy (non-hydrogen) atoms. The van der Waals surface area contributed by atoms with E-state index in [4.69, 9.17) is 4.42 Å². The van der Waals surface area contributed by atoms with Crippen LogP contribution in [-0.2, 0) is 0 Å². The summed E-state index contributed by atoms with van der Waals surface area (Å²) in [7, 11) is 0. The molecule has 1 fully saturated rings. The lowest BCUT2D eigenvalue weighted by Crippen LogP contribution is -2.48. The lowest BCUT2D eigenvalue weighted by Gasteiger charge is -2.33. The number of halogens is 1. The number of furan rings is 1. The summed E-state index contributed by atoms with van der Waals surface area (Å²) < 4.78 is 5.28. The molecule has 4 aromatic rings. The maximum Gasteiger partial charge on any atom is 0.289 e. The van der Waals surface area contributed by atoms with Gasteiger partial charge in [0.15, 0.2) is 5.76 Å². The van der Waals surface area contributed by atoms with Gasteiger partial charge in [0.05, 0.1) is 18.0 Å². The number of amides is 1. The van der Waals surface area contributed by atoms with Crippen molar-refractivity contribution in [3.8, 4) is 11.3 Å². The number of fused-ring (bicyclic) bond motifs is 1. The highest BCUT2D eigenvalue weighted by Gasteiger charge is 2.28. The Kier molecular flexibility index (Phi) is 5.79. The highest BCUT2D eigenvalue weighted by atomic mass is 35.5. The van der Waals surface area contributed by atoms with Crippen LogP contribution in [0.2, 0.25) is 0 Å². The van der Waals surface area contributed by atoms with E-state index in [9.17, 15) is 4.79 Å². The van der Waals surface area contributed by atoms with Gasteiger partial charge in [-0.05, 0) is 12.1 Å². The van der Waals surface area contributed by atoms with Crippen LogP contribution in [0.25, 0.3) is 22.0 Å². The number of hydrogen-bond donors (Lipinski definition) is 1. The molecule has 0 bridgehead atoms. The SMILES string of the molecule is Cl.O=C(c1ccco1)N1CCNC(c2nnc(-c3ccccc3)c3ccccc23)C1. The van der Waals surface area contributed by atoms with E-state index in [2.05, 4.69) is 27.6 Å². The van der Waals surface area contributed by atoms with E-state index in [0.29, 0.717) is 25.4 Å².